The maximum absolute atomic E-state index is 9.99. The topological polar surface area (TPSA) is 60.7 Å². The molecule has 0 aliphatic carbocycles. The smallest absolute Gasteiger partial charge is 0.0668 e. The highest BCUT2D eigenvalue weighted by molar-refractivity contribution is 4.79. The van der Waals surface area contributed by atoms with Crippen molar-refractivity contribution in [3.8, 4) is 0 Å². The Kier molecular flexibility index (Phi) is 7.14. The Bertz CT molecular complexity index is 141. The van der Waals surface area contributed by atoms with E-state index in [0.29, 0.717) is 25.7 Å². The fraction of sp³-hybridized carbons (Fsp3) is 1.00. The normalized spacial score (nSPS) is 19.6. The molecule has 0 spiro atoms. The van der Waals surface area contributed by atoms with E-state index in [1.54, 1.807) is 6.92 Å². The molecule has 0 aliphatic rings. The standard InChI is InChI=1S/C12H26O3/c1-4-6-10(13)8-12(3,15)9-11(14)7-5-2/h10-11,13-15H,4-9H2,1-3H3. The molecule has 92 valence electrons. The van der Waals surface area contributed by atoms with E-state index in [4.69, 9.17) is 0 Å². The predicted molar refractivity (Wildman–Crippen MR) is 61.7 cm³/mol. The molecule has 2 unspecified atom stereocenters. The van der Waals surface area contributed by atoms with Crippen molar-refractivity contribution in [2.24, 2.45) is 0 Å². The van der Waals surface area contributed by atoms with Crippen LogP contribution in [0.25, 0.3) is 0 Å². The Morgan fingerprint density at radius 3 is 1.53 bits per heavy atom. The molecule has 3 N–H and O–H groups in total. The molecule has 3 heteroatoms. The van der Waals surface area contributed by atoms with Gasteiger partial charge in [-0.3, -0.25) is 0 Å². The lowest BCUT2D eigenvalue weighted by Gasteiger charge is -2.28. The van der Waals surface area contributed by atoms with Crippen LogP contribution in [0.1, 0.15) is 59.3 Å². The van der Waals surface area contributed by atoms with Gasteiger partial charge in [-0.1, -0.05) is 26.7 Å². The molecule has 0 saturated heterocycles. The number of rotatable bonds is 8. The van der Waals surface area contributed by atoms with E-state index in [1.807, 2.05) is 13.8 Å². The molecule has 0 rings (SSSR count). The predicted octanol–water partition coefficient (Wildman–Crippen LogP) is 1.84. The summed E-state index contributed by atoms with van der Waals surface area (Å²) >= 11 is 0. The maximum atomic E-state index is 9.99. The van der Waals surface area contributed by atoms with Crippen molar-refractivity contribution in [3.05, 3.63) is 0 Å². The summed E-state index contributed by atoms with van der Waals surface area (Å²) in [5, 5.41) is 29.2. The molecule has 15 heavy (non-hydrogen) atoms. The fourth-order valence-corrected chi connectivity index (χ4v) is 1.97. The van der Waals surface area contributed by atoms with Crippen molar-refractivity contribution >= 4 is 0 Å². The van der Waals surface area contributed by atoms with Crippen molar-refractivity contribution in [2.45, 2.75) is 77.1 Å². The molecule has 2 atom stereocenters. The van der Waals surface area contributed by atoms with Gasteiger partial charge in [0.15, 0.2) is 0 Å². The van der Waals surface area contributed by atoms with Crippen LogP contribution in [-0.2, 0) is 0 Å². The second-order valence-corrected chi connectivity index (χ2v) is 4.79. The molecule has 0 bridgehead atoms. The molecule has 0 heterocycles. The van der Waals surface area contributed by atoms with Gasteiger partial charge in [-0.15, -0.1) is 0 Å². The summed E-state index contributed by atoms with van der Waals surface area (Å²) in [6, 6.07) is 0. The van der Waals surface area contributed by atoms with Crippen LogP contribution in [0.15, 0.2) is 0 Å². The SMILES string of the molecule is CCCC(O)CC(C)(O)CC(O)CCC. The van der Waals surface area contributed by atoms with Crippen LogP contribution in [0.5, 0.6) is 0 Å². The first kappa shape index (κ1) is 14.9. The van der Waals surface area contributed by atoms with E-state index in [0.717, 1.165) is 12.8 Å². The maximum Gasteiger partial charge on any atom is 0.0668 e. The van der Waals surface area contributed by atoms with Gasteiger partial charge >= 0.3 is 0 Å². The molecule has 0 fully saturated rings. The number of hydrogen-bond acceptors (Lipinski definition) is 3. The van der Waals surface area contributed by atoms with Crippen molar-refractivity contribution in [1.82, 2.24) is 0 Å². The Labute approximate surface area is 93.1 Å². The highest BCUT2D eigenvalue weighted by atomic mass is 16.3. The van der Waals surface area contributed by atoms with Gasteiger partial charge < -0.3 is 15.3 Å². The van der Waals surface area contributed by atoms with E-state index in [2.05, 4.69) is 0 Å². The highest BCUT2D eigenvalue weighted by Crippen LogP contribution is 2.22. The zero-order valence-electron chi connectivity index (χ0n) is 10.2. The summed E-state index contributed by atoms with van der Waals surface area (Å²) in [6.07, 6.45) is 3.02. The van der Waals surface area contributed by atoms with Crippen molar-refractivity contribution in [3.63, 3.8) is 0 Å². The van der Waals surface area contributed by atoms with Crippen LogP contribution in [0.4, 0.5) is 0 Å². The van der Waals surface area contributed by atoms with Crippen LogP contribution in [0.3, 0.4) is 0 Å². The minimum Gasteiger partial charge on any atom is -0.393 e. The quantitative estimate of drug-likeness (QED) is 0.582. The zero-order valence-corrected chi connectivity index (χ0v) is 10.2. The van der Waals surface area contributed by atoms with Gasteiger partial charge in [-0.05, 0) is 19.8 Å². The molecule has 0 aromatic rings. The Morgan fingerprint density at radius 2 is 1.27 bits per heavy atom. The van der Waals surface area contributed by atoms with E-state index >= 15 is 0 Å². The Morgan fingerprint density at radius 1 is 0.933 bits per heavy atom. The second kappa shape index (κ2) is 7.20. The van der Waals surface area contributed by atoms with Crippen LogP contribution in [0, 0.1) is 0 Å². The van der Waals surface area contributed by atoms with Crippen molar-refractivity contribution in [2.75, 3.05) is 0 Å². The van der Waals surface area contributed by atoms with Gasteiger partial charge in [0, 0.05) is 12.8 Å². The van der Waals surface area contributed by atoms with Gasteiger partial charge in [-0.25, -0.2) is 0 Å². The highest BCUT2D eigenvalue weighted by Gasteiger charge is 2.26. The first-order chi connectivity index (χ1) is 6.91. The van der Waals surface area contributed by atoms with Crippen LogP contribution >= 0.6 is 0 Å². The van der Waals surface area contributed by atoms with E-state index < -0.39 is 17.8 Å². The monoisotopic (exact) mass is 218 g/mol. The second-order valence-electron chi connectivity index (χ2n) is 4.79. The lowest BCUT2D eigenvalue weighted by atomic mass is 9.89. The van der Waals surface area contributed by atoms with Gasteiger partial charge in [0.05, 0.1) is 17.8 Å². The number of aliphatic hydroxyl groups excluding tert-OH is 2. The molecular weight excluding hydrogens is 192 g/mol. The van der Waals surface area contributed by atoms with E-state index in [1.165, 1.54) is 0 Å². The summed E-state index contributed by atoms with van der Waals surface area (Å²) in [5.74, 6) is 0. The molecule has 0 radical (unpaired) electrons. The third kappa shape index (κ3) is 7.77. The zero-order chi connectivity index (χ0) is 11.9. The van der Waals surface area contributed by atoms with Crippen molar-refractivity contribution in [1.29, 1.82) is 0 Å². The number of aliphatic hydroxyl groups is 3. The molecule has 0 aromatic carbocycles. The minimum atomic E-state index is -0.955. The molecule has 0 aromatic heterocycles. The first-order valence-corrected chi connectivity index (χ1v) is 5.99. The Hall–Kier alpha value is -0.120. The summed E-state index contributed by atoms with van der Waals surface area (Å²) < 4.78 is 0. The number of hydrogen-bond donors (Lipinski definition) is 3. The third-order valence-electron chi connectivity index (χ3n) is 2.59. The molecule has 3 nitrogen and oxygen atoms in total. The van der Waals surface area contributed by atoms with Crippen LogP contribution < -0.4 is 0 Å². The summed E-state index contributed by atoms with van der Waals surface area (Å²) in [5.41, 5.74) is -0.955. The van der Waals surface area contributed by atoms with E-state index in [9.17, 15) is 15.3 Å². The lowest BCUT2D eigenvalue weighted by Crippen LogP contribution is -2.34. The summed E-state index contributed by atoms with van der Waals surface area (Å²) in [6.45, 7) is 5.69. The average molecular weight is 218 g/mol. The molecular formula is C12H26O3. The van der Waals surface area contributed by atoms with E-state index in [-0.39, 0.29) is 0 Å². The van der Waals surface area contributed by atoms with Crippen LogP contribution in [0.2, 0.25) is 0 Å². The summed E-state index contributed by atoms with van der Waals surface area (Å²) in [4.78, 5) is 0. The molecule has 0 saturated carbocycles. The molecule has 0 amide bonds. The lowest BCUT2D eigenvalue weighted by molar-refractivity contribution is -0.0349. The van der Waals surface area contributed by atoms with Crippen LogP contribution in [-0.4, -0.2) is 33.1 Å². The fourth-order valence-electron chi connectivity index (χ4n) is 1.97. The minimum absolute atomic E-state index is 0.349. The summed E-state index contributed by atoms with van der Waals surface area (Å²) in [7, 11) is 0. The largest absolute Gasteiger partial charge is 0.393 e. The van der Waals surface area contributed by atoms with Gasteiger partial charge in [0.25, 0.3) is 0 Å². The average Bonchev–Trinajstić information content (AvgIpc) is 2.01. The van der Waals surface area contributed by atoms with Gasteiger partial charge in [0.1, 0.15) is 0 Å². The van der Waals surface area contributed by atoms with Gasteiger partial charge in [0.2, 0.25) is 0 Å². The Balaban J connectivity index is 3.94. The molecule has 0 aliphatic heterocycles. The van der Waals surface area contributed by atoms with Crippen molar-refractivity contribution < 1.29 is 15.3 Å². The third-order valence-corrected chi connectivity index (χ3v) is 2.59. The first-order valence-electron chi connectivity index (χ1n) is 5.99. The van der Waals surface area contributed by atoms with Gasteiger partial charge in [-0.2, -0.15) is 0 Å².